The minimum atomic E-state index is -1.00. The fraction of sp³-hybridized carbons (Fsp3) is 0.0909. The van der Waals surface area contributed by atoms with E-state index in [0.717, 1.165) is 0 Å². The number of nitrogens with zero attached hydrogens (tertiary/aromatic N) is 4. The van der Waals surface area contributed by atoms with Gasteiger partial charge in [-0.25, -0.2) is 4.79 Å². The summed E-state index contributed by atoms with van der Waals surface area (Å²) in [5, 5.41) is 20.6. The summed E-state index contributed by atoms with van der Waals surface area (Å²) in [4.78, 5) is 10.9. The maximum Gasteiger partial charge on any atom is 0.337 e. The number of carbonyl (C=O) groups is 1. The van der Waals surface area contributed by atoms with Crippen molar-refractivity contribution >= 4 is 11.6 Å². The zero-order chi connectivity index (χ0) is 12.7. The molecule has 0 bridgehead atoms. The van der Waals surface area contributed by atoms with Gasteiger partial charge in [0.2, 0.25) is 0 Å². The SMILES string of the molecule is Cc1oncc1-c1nnc2ccc(C(=O)O)cn12. The molecule has 0 saturated heterocycles. The number of carboxylic acids is 1. The number of fused-ring (bicyclic) bond motifs is 1. The van der Waals surface area contributed by atoms with Gasteiger partial charge in [0.05, 0.1) is 17.3 Å². The van der Waals surface area contributed by atoms with Gasteiger partial charge in [-0.15, -0.1) is 10.2 Å². The topological polar surface area (TPSA) is 93.5 Å². The zero-order valence-corrected chi connectivity index (χ0v) is 9.36. The summed E-state index contributed by atoms with van der Waals surface area (Å²) in [6, 6.07) is 3.08. The first-order valence-electron chi connectivity index (χ1n) is 5.16. The molecule has 0 aliphatic carbocycles. The molecule has 0 radical (unpaired) electrons. The Kier molecular flexibility index (Phi) is 2.12. The van der Waals surface area contributed by atoms with E-state index >= 15 is 0 Å². The lowest BCUT2D eigenvalue weighted by Gasteiger charge is -1.99. The van der Waals surface area contributed by atoms with E-state index in [9.17, 15) is 4.79 Å². The summed E-state index contributed by atoms with van der Waals surface area (Å²) in [6.45, 7) is 1.75. The molecule has 0 unspecified atom stereocenters. The van der Waals surface area contributed by atoms with Crippen LogP contribution in [0.25, 0.3) is 17.0 Å². The Hall–Kier alpha value is -2.70. The molecule has 0 aliphatic heterocycles. The third-order valence-electron chi connectivity index (χ3n) is 2.64. The number of aromatic carboxylic acids is 1. The minimum absolute atomic E-state index is 0.164. The average molecular weight is 244 g/mol. The van der Waals surface area contributed by atoms with Crippen molar-refractivity contribution in [3.63, 3.8) is 0 Å². The molecule has 18 heavy (non-hydrogen) atoms. The Labute approximate surface area is 101 Å². The first kappa shape index (κ1) is 10.5. The van der Waals surface area contributed by atoms with Crippen LogP contribution in [-0.2, 0) is 0 Å². The summed E-state index contributed by atoms with van der Waals surface area (Å²) in [5.41, 5.74) is 1.42. The monoisotopic (exact) mass is 244 g/mol. The summed E-state index contributed by atoms with van der Waals surface area (Å²) >= 11 is 0. The zero-order valence-electron chi connectivity index (χ0n) is 9.36. The van der Waals surface area contributed by atoms with Gasteiger partial charge in [0.15, 0.2) is 11.5 Å². The van der Waals surface area contributed by atoms with Crippen LogP contribution in [0.4, 0.5) is 0 Å². The van der Waals surface area contributed by atoms with Gasteiger partial charge < -0.3 is 9.63 Å². The van der Waals surface area contributed by atoms with Gasteiger partial charge in [0.25, 0.3) is 0 Å². The minimum Gasteiger partial charge on any atom is -0.478 e. The number of aryl methyl sites for hydroxylation is 1. The highest BCUT2D eigenvalue weighted by atomic mass is 16.5. The fourth-order valence-corrected chi connectivity index (χ4v) is 1.71. The van der Waals surface area contributed by atoms with E-state index in [0.29, 0.717) is 22.8 Å². The van der Waals surface area contributed by atoms with Crippen molar-refractivity contribution < 1.29 is 14.4 Å². The van der Waals surface area contributed by atoms with Crippen molar-refractivity contribution in [1.29, 1.82) is 0 Å². The molecule has 0 aromatic carbocycles. The second-order valence-corrected chi connectivity index (χ2v) is 3.77. The number of hydrogen-bond donors (Lipinski definition) is 1. The van der Waals surface area contributed by atoms with Gasteiger partial charge in [-0.2, -0.15) is 0 Å². The van der Waals surface area contributed by atoms with Crippen molar-refractivity contribution in [2.75, 3.05) is 0 Å². The maximum absolute atomic E-state index is 10.9. The van der Waals surface area contributed by atoms with E-state index < -0.39 is 5.97 Å². The van der Waals surface area contributed by atoms with Gasteiger partial charge in [0, 0.05) is 6.20 Å². The van der Waals surface area contributed by atoms with Crippen LogP contribution in [0.1, 0.15) is 16.1 Å². The fourth-order valence-electron chi connectivity index (χ4n) is 1.71. The normalized spacial score (nSPS) is 10.9. The average Bonchev–Trinajstić information content (AvgIpc) is 2.93. The van der Waals surface area contributed by atoms with Gasteiger partial charge in [-0.1, -0.05) is 5.16 Å². The van der Waals surface area contributed by atoms with Crippen LogP contribution < -0.4 is 0 Å². The van der Waals surface area contributed by atoms with Crippen LogP contribution in [0.2, 0.25) is 0 Å². The third-order valence-corrected chi connectivity index (χ3v) is 2.64. The van der Waals surface area contributed by atoms with Crippen LogP contribution in [0.5, 0.6) is 0 Å². The molecule has 0 fully saturated rings. The van der Waals surface area contributed by atoms with Crippen LogP contribution in [0, 0.1) is 6.92 Å². The molecule has 3 aromatic heterocycles. The number of pyridine rings is 1. The second-order valence-electron chi connectivity index (χ2n) is 3.77. The smallest absolute Gasteiger partial charge is 0.337 e. The van der Waals surface area contributed by atoms with E-state index in [1.165, 1.54) is 18.5 Å². The number of carboxylic acid groups (broad SMARTS) is 1. The molecule has 3 heterocycles. The van der Waals surface area contributed by atoms with E-state index in [-0.39, 0.29) is 5.56 Å². The highest BCUT2D eigenvalue weighted by molar-refractivity contribution is 5.87. The van der Waals surface area contributed by atoms with E-state index in [2.05, 4.69) is 15.4 Å². The molecule has 1 N–H and O–H groups in total. The Bertz CT molecular complexity index is 744. The molecule has 90 valence electrons. The molecule has 0 spiro atoms. The molecule has 3 rings (SSSR count). The summed E-state index contributed by atoms with van der Waals surface area (Å²) in [5.74, 6) is 0.107. The number of rotatable bonds is 2. The largest absolute Gasteiger partial charge is 0.478 e. The second kappa shape index (κ2) is 3.66. The quantitative estimate of drug-likeness (QED) is 0.732. The number of hydrogen-bond acceptors (Lipinski definition) is 5. The molecule has 3 aromatic rings. The Morgan fingerprint density at radius 3 is 2.89 bits per heavy atom. The lowest BCUT2D eigenvalue weighted by molar-refractivity contribution is 0.0696. The highest BCUT2D eigenvalue weighted by Crippen LogP contribution is 2.21. The summed E-state index contributed by atoms with van der Waals surface area (Å²) in [6.07, 6.45) is 3.00. The van der Waals surface area contributed by atoms with Crippen molar-refractivity contribution in [1.82, 2.24) is 19.8 Å². The van der Waals surface area contributed by atoms with Crippen LogP contribution in [0.3, 0.4) is 0 Å². The molecule has 7 nitrogen and oxygen atoms in total. The standard InChI is InChI=1S/C11H8N4O3/c1-6-8(4-12-18-6)10-14-13-9-3-2-7(11(16)17)5-15(9)10/h2-5H,1H3,(H,16,17). The molecular formula is C11H8N4O3. The first-order valence-corrected chi connectivity index (χ1v) is 5.16. The molecule has 0 amide bonds. The van der Waals surface area contributed by atoms with Crippen LogP contribution in [0.15, 0.2) is 29.0 Å². The van der Waals surface area contributed by atoms with Crippen molar-refractivity contribution in [2.45, 2.75) is 6.92 Å². The van der Waals surface area contributed by atoms with Crippen molar-refractivity contribution in [3.05, 3.63) is 35.9 Å². The maximum atomic E-state index is 10.9. The molecule has 0 aliphatic rings. The molecule has 7 heteroatoms. The molecular weight excluding hydrogens is 236 g/mol. The molecule has 0 saturated carbocycles. The van der Waals surface area contributed by atoms with Gasteiger partial charge in [-0.3, -0.25) is 4.40 Å². The first-order chi connectivity index (χ1) is 8.66. The lowest BCUT2D eigenvalue weighted by Crippen LogP contribution is -1.99. The summed E-state index contributed by atoms with van der Waals surface area (Å²) < 4.78 is 6.57. The number of aromatic nitrogens is 4. The lowest BCUT2D eigenvalue weighted by atomic mass is 10.2. The highest BCUT2D eigenvalue weighted by Gasteiger charge is 2.14. The Morgan fingerprint density at radius 1 is 1.39 bits per heavy atom. The van der Waals surface area contributed by atoms with E-state index in [1.54, 1.807) is 17.4 Å². The van der Waals surface area contributed by atoms with Crippen LogP contribution >= 0.6 is 0 Å². The predicted molar refractivity (Wildman–Crippen MR) is 60.2 cm³/mol. The Balaban J connectivity index is 2.27. The van der Waals surface area contributed by atoms with Crippen LogP contribution in [-0.4, -0.2) is 30.8 Å². The summed E-state index contributed by atoms with van der Waals surface area (Å²) in [7, 11) is 0. The van der Waals surface area contributed by atoms with Gasteiger partial charge in [0.1, 0.15) is 5.76 Å². The van der Waals surface area contributed by atoms with Gasteiger partial charge in [-0.05, 0) is 19.1 Å². The van der Waals surface area contributed by atoms with E-state index in [4.69, 9.17) is 9.63 Å². The van der Waals surface area contributed by atoms with Crippen molar-refractivity contribution in [3.8, 4) is 11.4 Å². The Morgan fingerprint density at radius 2 is 2.22 bits per heavy atom. The van der Waals surface area contributed by atoms with E-state index in [1.807, 2.05) is 0 Å². The van der Waals surface area contributed by atoms with Gasteiger partial charge >= 0.3 is 5.97 Å². The predicted octanol–water partition coefficient (Wildman–Crippen LogP) is 1.39. The van der Waals surface area contributed by atoms with Crippen molar-refractivity contribution in [2.24, 2.45) is 0 Å². The molecule has 0 atom stereocenters. The third kappa shape index (κ3) is 1.45.